The molecule has 0 saturated heterocycles. The molecule has 21 heavy (non-hydrogen) atoms. The molecule has 1 aliphatic carbocycles. The predicted molar refractivity (Wildman–Crippen MR) is 84.2 cm³/mol. The largest absolute Gasteiger partial charge is 0.466 e. The molecule has 0 radical (unpaired) electrons. The smallest absolute Gasteiger partial charge is 0.191 e. The minimum atomic E-state index is -1.06. The number of furan rings is 1. The van der Waals surface area contributed by atoms with Crippen LogP contribution in [0.5, 0.6) is 0 Å². The monoisotopic (exact) mass is 293 g/mol. The first-order chi connectivity index (χ1) is 9.95. The van der Waals surface area contributed by atoms with Crippen LogP contribution in [0.25, 0.3) is 0 Å². The molecule has 0 spiro atoms. The third kappa shape index (κ3) is 4.24. The Kier molecular flexibility index (Phi) is 4.93. The molecule has 1 heterocycles. The van der Waals surface area contributed by atoms with Crippen LogP contribution in [0.15, 0.2) is 27.8 Å². The second-order valence-electron chi connectivity index (χ2n) is 6.55. The first-order valence-corrected chi connectivity index (χ1v) is 7.66. The van der Waals surface area contributed by atoms with Gasteiger partial charge in [-0.25, -0.2) is 0 Å². The number of nitrogens with one attached hydrogen (secondary N) is 2. The Morgan fingerprint density at radius 1 is 1.43 bits per heavy atom. The molecule has 1 aromatic heterocycles. The van der Waals surface area contributed by atoms with Crippen LogP contribution in [-0.4, -0.2) is 31.2 Å². The number of nitrogens with zero attached hydrogens (tertiary/aromatic N) is 1. The number of hydrogen-bond donors (Lipinski definition) is 3. The Labute approximate surface area is 126 Å². The van der Waals surface area contributed by atoms with Crippen LogP contribution in [0.4, 0.5) is 0 Å². The normalized spacial score (nSPS) is 21.0. The van der Waals surface area contributed by atoms with E-state index in [1.807, 2.05) is 0 Å². The predicted octanol–water partition coefficient (Wildman–Crippen LogP) is 2.23. The van der Waals surface area contributed by atoms with E-state index in [2.05, 4.69) is 22.5 Å². The molecule has 118 valence electrons. The Balaban J connectivity index is 1.83. The highest BCUT2D eigenvalue weighted by molar-refractivity contribution is 5.79. The van der Waals surface area contributed by atoms with E-state index in [1.165, 1.54) is 25.7 Å². The molecule has 0 amide bonds. The van der Waals surface area contributed by atoms with Crippen LogP contribution in [0, 0.1) is 5.41 Å². The topological polar surface area (TPSA) is 69.8 Å². The van der Waals surface area contributed by atoms with Crippen molar-refractivity contribution in [1.29, 1.82) is 0 Å². The molecule has 5 heteroatoms. The van der Waals surface area contributed by atoms with Crippen LogP contribution in [0.2, 0.25) is 0 Å². The summed E-state index contributed by atoms with van der Waals surface area (Å²) in [5.74, 6) is 1.27. The van der Waals surface area contributed by atoms with Crippen LogP contribution in [0.1, 0.15) is 45.3 Å². The van der Waals surface area contributed by atoms with Gasteiger partial charge in [0.1, 0.15) is 11.4 Å². The van der Waals surface area contributed by atoms with Crippen molar-refractivity contribution in [3.05, 3.63) is 24.2 Å². The lowest BCUT2D eigenvalue weighted by atomic mass is 9.89. The quantitative estimate of drug-likeness (QED) is 0.575. The van der Waals surface area contributed by atoms with Crippen molar-refractivity contribution < 1.29 is 9.52 Å². The van der Waals surface area contributed by atoms with E-state index in [0.29, 0.717) is 17.7 Å². The summed E-state index contributed by atoms with van der Waals surface area (Å²) >= 11 is 0. The van der Waals surface area contributed by atoms with Crippen LogP contribution in [-0.2, 0) is 5.60 Å². The summed E-state index contributed by atoms with van der Waals surface area (Å²) in [6.07, 6.45) is 6.73. The van der Waals surface area contributed by atoms with Crippen molar-refractivity contribution in [2.45, 2.75) is 45.1 Å². The standard InChI is InChI=1S/C16H27N3O2/c1-15(8-4-5-9-15)11-18-14(17-3)19-12-16(2,20)13-7-6-10-21-13/h6-7,10,20H,4-5,8-9,11-12H2,1-3H3,(H2,17,18,19). The number of aliphatic hydroxyl groups is 1. The fourth-order valence-corrected chi connectivity index (χ4v) is 2.85. The maximum atomic E-state index is 10.4. The fourth-order valence-electron chi connectivity index (χ4n) is 2.85. The number of guanidine groups is 1. The molecule has 1 unspecified atom stereocenters. The third-order valence-corrected chi connectivity index (χ3v) is 4.37. The molecule has 1 aliphatic rings. The van der Waals surface area contributed by atoms with Gasteiger partial charge < -0.3 is 20.2 Å². The average molecular weight is 293 g/mol. The van der Waals surface area contributed by atoms with Gasteiger partial charge in [-0.2, -0.15) is 0 Å². The molecule has 3 N–H and O–H groups in total. The summed E-state index contributed by atoms with van der Waals surface area (Å²) in [6.45, 7) is 5.30. The summed E-state index contributed by atoms with van der Waals surface area (Å²) in [7, 11) is 1.74. The van der Waals surface area contributed by atoms with Crippen molar-refractivity contribution in [1.82, 2.24) is 10.6 Å². The van der Waals surface area contributed by atoms with Crippen LogP contribution in [0.3, 0.4) is 0 Å². The van der Waals surface area contributed by atoms with Crippen molar-refractivity contribution >= 4 is 5.96 Å². The zero-order valence-electron chi connectivity index (χ0n) is 13.3. The van der Waals surface area contributed by atoms with Gasteiger partial charge in [-0.05, 0) is 37.3 Å². The molecule has 1 aromatic rings. The Morgan fingerprint density at radius 2 is 2.14 bits per heavy atom. The van der Waals surface area contributed by atoms with Crippen molar-refractivity contribution in [2.75, 3.05) is 20.1 Å². The van der Waals surface area contributed by atoms with Gasteiger partial charge in [0, 0.05) is 13.6 Å². The van der Waals surface area contributed by atoms with E-state index in [4.69, 9.17) is 4.42 Å². The number of rotatable bonds is 5. The summed E-state index contributed by atoms with van der Waals surface area (Å²) in [6, 6.07) is 3.55. The van der Waals surface area contributed by atoms with Gasteiger partial charge in [0.25, 0.3) is 0 Å². The number of aliphatic imine (C=N–C) groups is 1. The zero-order valence-corrected chi connectivity index (χ0v) is 13.3. The van der Waals surface area contributed by atoms with Crippen LogP contribution < -0.4 is 10.6 Å². The van der Waals surface area contributed by atoms with Gasteiger partial charge >= 0.3 is 0 Å². The highest BCUT2D eigenvalue weighted by atomic mass is 16.4. The molecular formula is C16H27N3O2. The summed E-state index contributed by atoms with van der Waals surface area (Å²) in [5.41, 5.74) is -0.695. The number of hydrogen-bond acceptors (Lipinski definition) is 3. The second kappa shape index (κ2) is 6.52. The zero-order chi connectivity index (χ0) is 15.3. The Hall–Kier alpha value is -1.49. The maximum absolute atomic E-state index is 10.4. The van der Waals surface area contributed by atoms with Gasteiger partial charge in [-0.1, -0.05) is 19.8 Å². The minimum Gasteiger partial charge on any atom is -0.466 e. The molecule has 1 fully saturated rings. The summed E-state index contributed by atoms with van der Waals surface area (Å²) in [5, 5.41) is 16.9. The molecule has 5 nitrogen and oxygen atoms in total. The van der Waals surface area contributed by atoms with Gasteiger partial charge in [0.2, 0.25) is 0 Å². The molecule has 2 rings (SSSR count). The second-order valence-corrected chi connectivity index (χ2v) is 6.55. The average Bonchev–Trinajstić information content (AvgIpc) is 3.11. The lowest BCUT2D eigenvalue weighted by molar-refractivity contribution is 0.0385. The molecule has 0 bridgehead atoms. The fraction of sp³-hybridized carbons (Fsp3) is 0.688. The van der Waals surface area contributed by atoms with Gasteiger partial charge in [0.15, 0.2) is 5.96 Å². The van der Waals surface area contributed by atoms with Crippen molar-refractivity contribution in [3.63, 3.8) is 0 Å². The summed E-state index contributed by atoms with van der Waals surface area (Å²) in [4.78, 5) is 4.22. The van der Waals surface area contributed by atoms with E-state index < -0.39 is 5.60 Å². The van der Waals surface area contributed by atoms with E-state index >= 15 is 0 Å². The van der Waals surface area contributed by atoms with Gasteiger partial charge in [0.05, 0.1) is 12.8 Å². The van der Waals surface area contributed by atoms with Crippen molar-refractivity contribution in [3.8, 4) is 0 Å². The molecule has 0 aliphatic heterocycles. The highest BCUT2D eigenvalue weighted by Crippen LogP contribution is 2.36. The van der Waals surface area contributed by atoms with Gasteiger partial charge in [-0.3, -0.25) is 4.99 Å². The molecule has 1 atom stereocenters. The van der Waals surface area contributed by atoms with Crippen LogP contribution >= 0.6 is 0 Å². The molecular weight excluding hydrogens is 266 g/mol. The first kappa shape index (κ1) is 15.9. The minimum absolute atomic E-state index is 0.344. The Morgan fingerprint density at radius 3 is 2.71 bits per heavy atom. The van der Waals surface area contributed by atoms with E-state index in [9.17, 15) is 5.11 Å². The third-order valence-electron chi connectivity index (χ3n) is 4.37. The van der Waals surface area contributed by atoms with E-state index in [-0.39, 0.29) is 0 Å². The Bertz CT molecular complexity index is 460. The highest BCUT2D eigenvalue weighted by Gasteiger charge is 2.29. The lowest BCUT2D eigenvalue weighted by Crippen LogP contribution is -2.46. The SMILES string of the molecule is CN=C(NCC1(C)CCCC1)NCC(C)(O)c1ccco1. The van der Waals surface area contributed by atoms with Crippen molar-refractivity contribution in [2.24, 2.45) is 10.4 Å². The maximum Gasteiger partial charge on any atom is 0.191 e. The molecule has 1 saturated carbocycles. The van der Waals surface area contributed by atoms with E-state index in [1.54, 1.807) is 32.4 Å². The van der Waals surface area contributed by atoms with E-state index in [0.717, 1.165) is 12.5 Å². The summed E-state index contributed by atoms with van der Waals surface area (Å²) < 4.78 is 5.27. The lowest BCUT2D eigenvalue weighted by Gasteiger charge is -2.27. The molecule has 0 aromatic carbocycles. The van der Waals surface area contributed by atoms with Gasteiger partial charge in [-0.15, -0.1) is 0 Å². The first-order valence-electron chi connectivity index (χ1n) is 7.66.